The topological polar surface area (TPSA) is 74.1 Å². The van der Waals surface area contributed by atoms with Crippen molar-refractivity contribution in [3.8, 4) is 11.5 Å². The van der Waals surface area contributed by atoms with E-state index in [4.69, 9.17) is 9.47 Å². The number of methoxy groups -OCH3 is 2. The van der Waals surface area contributed by atoms with Gasteiger partial charge in [0.2, 0.25) is 5.95 Å². The summed E-state index contributed by atoms with van der Waals surface area (Å²) in [5, 5.41) is 15.3. The Balaban J connectivity index is 1.84. The zero-order valence-electron chi connectivity index (χ0n) is 13.9. The minimum atomic E-state index is -0.192. The Labute approximate surface area is 144 Å². The molecule has 2 aromatic carbocycles. The molecule has 0 saturated heterocycles. The smallest absolute Gasteiger partial charge is 0.248 e. The van der Waals surface area contributed by atoms with Crippen LogP contribution in [0.1, 0.15) is 17.2 Å². The molecule has 0 bridgehead atoms. The molecule has 126 valence electrons. The van der Waals surface area contributed by atoms with Crippen molar-refractivity contribution < 1.29 is 9.47 Å². The molecule has 7 nitrogen and oxygen atoms in total. The zero-order chi connectivity index (χ0) is 17.2. The average molecular weight is 335 g/mol. The van der Waals surface area contributed by atoms with Gasteiger partial charge in [0.15, 0.2) is 0 Å². The molecule has 0 aliphatic carbocycles. The highest BCUT2D eigenvalue weighted by molar-refractivity contribution is 5.77. The van der Waals surface area contributed by atoms with E-state index in [-0.39, 0.29) is 6.04 Å². The number of rotatable bonds is 4. The minimum Gasteiger partial charge on any atom is -0.497 e. The number of anilines is 1. The summed E-state index contributed by atoms with van der Waals surface area (Å²) < 4.78 is 12.6. The second-order valence-corrected chi connectivity index (χ2v) is 5.57. The highest BCUT2D eigenvalue weighted by Gasteiger charge is 2.26. The molecular weight excluding hydrogens is 318 g/mol. The van der Waals surface area contributed by atoms with Crippen molar-refractivity contribution in [2.75, 3.05) is 19.5 Å². The standard InChI is InChI=1S/C18H17N5O2/c1-24-13-8-9-14(17(10-13)25-2)16-11-15(12-6-4-3-5-7-12)19-18-20-21-22-23(16)18/h3-11,16H,1-2H3,(H,19,20,22)/t16-/m0/s1. The van der Waals surface area contributed by atoms with Crippen molar-refractivity contribution in [1.29, 1.82) is 0 Å². The quantitative estimate of drug-likeness (QED) is 0.790. The minimum absolute atomic E-state index is 0.192. The molecule has 0 amide bonds. The summed E-state index contributed by atoms with van der Waals surface area (Å²) in [6, 6.07) is 15.6. The third kappa shape index (κ3) is 2.69. The van der Waals surface area contributed by atoms with Crippen molar-refractivity contribution in [2.24, 2.45) is 0 Å². The van der Waals surface area contributed by atoms with E-state index in [0.717, 1.165) is 28.3 Å². The van der Waals surface area contributed by atoms with Gasteiger partial charge in [0, 0.05) is 17.3 Å². The molecule has 2 heterocycles. The van der Waals surface area contributed by atoms with Gasteiger partial charge in [0.05, 0.1) is 14.2 Å². The van der Waals surface area contributed by atoms with Crippen LogP contribution in [0.5, 0.6) is 11.5 Å². The lowest BCUT2D eigenvalue weighted by Gasteiger charge is -2.24. The lowest BCUT2D eigenvalue weighted by Crippen LogP contribution is -2.20. The van der Waals surface area contributed by atoms with Crippen LogP contribution >= 0.6 is 0 Å². The number of hydrogen-bond donors (Lipinski definition) is 1. The zero-order valence-corrected chi connectivity index (χ0v) is 13.9. The van der Waals surface area contributed by atoms with E-state index in [0.29, 0.717) is 5.95 Å². The predicted octanol–water partition coefficient (Wildman–Crippen LogP) is 2.75. The summed E-state index contributed by atoms with van der Waals surface area (Å²) in [6.45, 7) is 0. The monoisotopic (exact) mass is 335 g/mol. The number of fused-ring (bicyclic) bond motifs is 1. The van der Waals surface area contributed by atoms with Gasteiger partial charge in [0.25, 0.3) is 0 Å². The van der Waals surface area contributed by atoms with E-state index >= 15 is 0 Å². The van der Waals surface area contributed by atoms with Crippen LogP contribution in [-0.2, 0) is 0 Å². The maximum Gasteiger partial charge on any atom is 0.248 e. The highest BCUT2D eigenvalue weighted by atomic mass is 16.5. The van der Waals surface area contributed by atoms with Crippen LogP contribution < -0.4 is 14.8 Å². The van der Waals surface area contributed by atoms with Crippen LogP contribution in [0.25, 0.3) is 5.70 Å². The summed E-state index contributed by atoms with van der Waals surface area (Å²) in [7, 11) is 3.27. The first-order chi connectivity index (χ1) is 12.3. The van der Waals surface area contributed by atoms with Crippen molar-refractivity contribution in [1.82, 2.24) is 20.2 Å². The first-order valence-electron chi connectivity index (χ1n) is 7.84. The molecule has 0 spiro atoms. The van der Waals surface area contributed by atoms with Gasteiger partial charge in [-0.2, -0.15) is 4.68 Å². The fourth-order valence-corrected chi connectivity index (χ4v) is 2.92. The lowest BCUT2D eigenvalue weighted by molar-refractivity contribution is 0.387. The van der Waals surface area contributed by atoms with Crippen LogP contribution in [0.3, 0.4) is 0 Å². The van der Waals surface area contributed by atoms with Gasteiger partial charge >= 0.3 is 0 Å². The number of nitrogens with zero attached hydrogens (tertiary/aromatic N) is 4. The van der Waals surface area contributed by atoms with E-state index in [1.165, 1.54) is 0 Å². The average Bonchev–Trinajstić information content (AvgIpc) is 3.16. The summed E-state index contributed by atoms with van der Waals surface area (Å²) in [6.07, 6.45) is 2.09. The molecule has 0 saturated carbocycles. The Hall–Kier alpha value is -3.35. The Morgan fingerprint density at radius 2 is 1.88 bits per heavy atom. The normalized spacial score (nSPS) is 15.8. The number of benzene rings is 2. The van der Waals surface area contributed by atoms with Gasteiger partial charge in [0.1, 0.15) is 17.5 Å². The molecule has 25 heavy (non-hydrogen) atoms. The van der Waals surface area contributed by atoms with Crippen LogP contribution in [0, 0.1) is 0 Å². The second kappa shape index (κ2) is 6.27. The van der Waals surface area contributed by atoms with Crippen LogP contribution in [-0.4, -0.2) is 34.4 Å². The summed E-state index contributed by atoms with van der Waals surface area (Å²) in [4.78, 5) is 0. The molecule has 4 rings (SSSR count). The molecule has 1 aliphatic heterocycles. The number of nitrogens with one attached hydrogen (secondary N) is 1. The number of tetrazole rings is 1. The van der Waals surface area contributed by atoms with Crippen molar-refractivity contribution >= 4 is 11.6 Å². The van der Waals surface area contributed by atoms with E-state index in [9.17, 15) is 0 Å². The first kappa shape index (κ1) is 15.2. The number of hydrogen-bond acceptors (Lipinski definition) is 6. The lowest BCUT2D eigenvalue weighted by atomic mass is 10.0. The maximum atomic E-state index is 5.56. The summed E-state index contributed by atoms with van der Waals surface area (Å²) in [5.74, 6) is 2.04. The summed E-state index contributed by atoms with van der Waals surface area (Å²) >= 11 is 0. The Bertz CT molecular complexity index is 920. The molecule has 0 radical (unpaired) electrons. The molecule has 0 unspecified atom stereocenters. The predicted molar refractivity (Wildman–Crippen MR) is 93.5 cm³/mol. The van der Waals surface area contributed by atoms with Gasteiger partial charge in [-0.05, 0) is 34.2 Å². The molecule has 1 N–H and O–H groups in total. The van der Waals surface area contributed by atoms with Crippen molar-refractivity contribution in [3.63, 3.8) is 0 Å². The van der Waals surface area contributed by atoms with Crippen molar-refractivity contribution in [3.05, 3.63) is 65.7 Å². The maximum absolute atomic E-state index is 5.56. The van der Waals surface area contributed by atoms with Gasteiger partial charge in [-0.25, -0.2) is 0 Å². The molecule has 7 heteroatoms. The molecular formula is C18H17N5O2. The highest BCUT2D eigenvalue weighted by Crippen LogP contribution is 2.37. The fourth-order valence-electron chi connectivity index (χ4n) is 2.92. The molecule has 1 aliphatic rings. The van der Waals surface area contributed by atoms with Gasteiger partial charge in [-0.15, -0.1) is 0 Å². The number of ether oxygens (including phenoxy) is 2. The molecule has 1 atom stereocenters. The third-order valence-electron chi connectivity index (χ3n) is 4.17. The second-order valence-electron chi connectivity index (χ2n) is 5.57. The van der Waals surface area contributed by atoms with E-state index < -0.39 is 0 Å². The SMILES string of the molecule is COc1ccc([C@@H]2C=C(c3ccccc3)Nc3nnnn32)c(OC)c1. The van der Waals surface area contributed by atoms with E-state index in [2.05, 4.69) is 26.9 Å². The number of allylic oxidation sites excluding steroid dienone is 1. The van der Waals surface area contributed by atoms with Crippen LogP contribution in [0.15, 0.2) is 54.6 Å². The third-order valence-corrected chi connectivity index (χ3v) is 4.17. The fraction of sp³-hybridized carbons (Fsp3) is 0.167. The van der Waals surface area contributed by atoms with E-state index in [1.807, 2.05) is 48.5 Å². The Kier molecular flexibility index (Phi) is 3.81. The largest absolute Gasteiger partial charge is 0.497 e. The Morgan fingerprint density at radius 1 is 1.04 bits per heavy atom. The molecule has 0 fully saturated rings. The molecule has 1 aromatic heterocycles. The van der Waals surface area contributed by atoms with E-state index in [1.54, 1.807) is 18.9 Å². The first-order valence-corrected chi connectivity index (χ1v) is 7.84. The van der Waals surface area contributed by atoms with Gasteiger partial charge in [-0.1, -0.05) is 35.4 Å². The van der Waals surface area contributed by atoms with Crippen LogP contribution in [0.2, 0.25) is 0 Å². The molecule has 3 aromatic rings. The van der Waals surface area contributed by atoms with Gasteiger partial charge < -0.3 is 14.8 Å². The van der Waals surface area contributed by atoms with Crippen molar-refractivity contribution in [2.45, 2.75) is 6.04 Å². The van der Waals surface area contributed by atoms with Crippen LogP contribution in [0.4, 0.5) is 5.95 Å². The number of aromatic nitrogens is 4. The van der Waals surface area contributed by atoms with Gasteiger partial charge in [-0.3, -0.25) is 0 Å². The summed E-state index contributed by atoms with van der Waals surface area (Å²) in [5.41, 5.74) is 2.96. The Morgan fingerprint density at radius 3 is 2.64 bits per heavy atom.